The maximum atomic E-state index is 12.4. The number of anilines is 1. The Morgan fingerprint density at radius 2 is 1.88 bits per heavy atom. The molecule has 2 fully saturated rings. The molecule has 6 nitrogen and oxygen atoms in total. The fraction of sp³-hybridized carbons (Fsp3) is 0.526. The van der Waals surface area contributed by atoms with Crippen LogP contribution in [0.2, 0.25) is 0 Å². The van der Waals surface area contributed by atoms with Crippen LogP contribution in [0.5, 0.6) is 0 Å². The predicted molar refractivity (Wildman–Crippen MR) is 95.1 cm³/mol. The molecule has 0 aromatic heterocycles. The lowest BCUT2D eigenvalue weighted by atomic mass is 9.88. The van der Waals surface area contributed by atoms with Crippen molar-refractivity contribution in [1.29, 1.82) is 0 Å². The first kappa shape index (κ1) is 17.5. The lowest BCUT2D eigenvalue weighted by Gasteiger charge is -2.23. The van der Waals surface area contributed by atoms with E-state index in [4.69, 9.17) is 0 Å². The standard InChI is InChI=1S/C19H25N3O3/c23-17-10-9-16(12-20-17)22-19(25)14-7-4-8-15(11-14)21-18(24)13-5-2-1-3-6-13/h4,7-8,11,13,16H,1-3,5-6,9-10,12H2,(H,20,23)(H,21,24)(H,22,25). The monoisotopic (exact) mass is 343 g/mol. The van der Waals surface area contributed by atoms with Crippen molar-refractivity contribution in [2.75, 3.05) is 11.9 Å². The third kappa shape index (κ3) is 4.81. The third-order valence-corrected chi connectivity index (χ3v) is 4.97. The zero-order valence-corrected chi connectivity index (χ0v) is 14.3. The highest BCUT2D eigenvalue weighted by atomic mass is 16.2. The van der Waals surface area contributed by atoms with Crippen LogP contribution in [0.4, 0.5) is 5.69 Å². The van der Waals surface area contributed by atoms with E-state index in [1.807, 2.05) is 0 Å². The van der Waals surface area contributed by atoms with Crippen molar-refractivity contribution in [1.82, 2.24) is 10.6 Å². The Bertz CT molecular complexity index is 643. The molecule has 1 saturated heterocycles. The Hall–Kier alpha value is -2.37. The molecule has 1 aliphatic carbocycles. The number of rotatable bonds is 4. The number of hydrogen-bond donors (Lipinski definition) is 3. The smallest absolute Gasteiger partial charge is 0.251 e. The van der Waals surface area contributed by atoms with Gasteiger partial charge in [-0.2, -0.15) is 0 Å². The molecular weight excluding hydrogens is 318 g/mol. The summed E-state index contributed by atoms with van der Waals surface area (Å²) in [5.74, 6) is -0.0304. The molecule has 3 N–H and O–H groups in total. The number of carbonyl (C=O) groups excluding carboxylic acids is 3. The van der Waals surface area contributed by atoms with E-state index in [0.717, 1.165) is 25.7 Å². The van der Waals surface area contributed by atoms with Gasteiger partial charge in [-0.15, -0.1) is 0 Å². The second kappa shape index (κ2) is 8.14. The van der Waals surface area contributed by atoms with Crippen LogP contribution in [0.1, 0.15) is 55.3 Å². The first-order chi connectivity index (χ1) is 12.1. The molecule has 1 aromatic carbocycles. The predicted octanol–water partition coefficient (Wildman–Crippen LogP) is 2.21. The molecule has 1 atom stereocenters. The lowest BCUT2D eigenvalue weighted by Crippen LogP contribution is -2.47. The molecule has 0 spiro atoms. The van der Waals surface area contributed by atoms with Crippen LogP contribution < -0.4 is 16.0 Å². The molecule has 1 aliphatic heterocycles. The minimum Gasteiger partial charge on any atom is -0.354 e. The third-order valence-electron chi connectivity index (χ3n) is 4.97. The van der Waals surface area contributed by atoms with Crippen molar-refractivity contribution in [3.63, 3.8) is 0 Å². The van der Waals surface area contributed by atoms with Gasteiger partial charge in [0.15, 0.2) is 0 Å². The van der Waals surface area contributed by atoms with Gasteiger partial charge in [0.1, 0.15) is 0 Å². The topological polar surface area (TPSA) is 87.3 Å². The van der Waals surface area contributed by atoms with E-state index in [0.29, 0.717) is 30.6 Å². The van der Waals surface area contributed by atoms with Crippen LogP contribution in [0.25, 0.3) is 0 Å². The number of nitrogens with one attached hydrogen (secondary N) is 3. The molecule has 1 saturated carbocycles. The zero-order chi connectivity index (χ0) is 17.6. The summed E-state index contributed by atoms with van der Waals surface area (Å²) in [6.07, 6.45) is 6.40. The number of carbonyl (C=O) groups is 3. The molecule has 1 heterocycles. The van der Waals surface area contributed by atoms with Crippen LogP contribution in [0.15, 0.2) is 24.3 Å². The van der Waals surface area contributed by atoms with Crippen LogP contribution in [-0.4, -0.2) is 30.3 Å². The number of hydrogen-bond acceptors (Lipinski definition) is 3. The summed E-state index contributed by atoms with van der Waals surface area (Å²) >= 11 is 0. The van der Waals surface area contributed by atoms with Gasteiger partial charge in [0.25, 0.3) is 5.91 Å². The first-order valence-corrected chi connectivity index (χ1v) is 9.10. The van der Waals surface area contributed by atoms with Crippen molar-refractivity contribution >= 4 is 23.4 Å². The fourth-order valence-electron chi connectivity index (χ4n) is 3.47. The van der Waals surface area contributed by atoms with Crippen molar-refractivity contribution < 1.29 is 14.4 Å². The number of benzene rings is 1. The Balaban J connectivity index is 1.57. The van der Waals surface area contributed by atoms with E-state index in [1.165, 1.54) is 6.42 Å². The van der Waals surface area contributed by atoms with Crippen LogP contribution >= 0.6 is 0 Å². The number of amides is 3. The van der Waals surface area contributed by atoms with E-state index in [1.54, 1.807) is 24.3 Å². The minimum atomic E-state index is -0.185. The molecule has 1 aromatic rings. The molecule has 25 heavy (non-hydrogen) atoms. The minimum absolute atomic E-state index is 0.0259. The molecule has 2 aliphatic rings. The van der Waals surface area contributed by atoms with E-state index in [2.05, 4.69) is 16.0 Å². The van der Waals surface area contributed by atoms with Gasteiger partial charge in [0.05, 0.1) is 0 Å². The largest absolute Gasteiger partial charge is 0.354 e. The summed E-state index contributed by atoms with van der Waals surface area (Å²) in [6, 6.07) is 6.96. The summed E-state index contributed by atoms with van der Waals surface area (Å²) in [7, 11) is 0. The summed E-state index contributed by atoms with van der Waals surface area (Å²) < 4.78 is 0. The first-order valence-electron chi connectivity index (χ1n) is 9.10. The van der Waals surface area contributed by atoms with Crippen molar-refractivity contribution in [3.05, 3.63) is 29.8 Å². The molecular formula is C19H25N3O3. The van der Waals surface area contributed by atoms with Gasteiger partial charge in [-0.3, -0.25) is 14.4 Å². The number of piperidine rings is 1. The highest BCUT2D eigenvalue weighted by Crippen LogP contribution is 2.25. The van der Waals surface area contributed by atoms with Gasteiger partial charge >= 0.3 is 0 Å². The Labute approximate surface area is 147 Å². The normalized spacial score (nSPS) is 21.3. The Kier molecular flexibility index (Phi) is 5.68. The molecule has 6 heteroatoms. The Morgan fingerprint density at radius 3 is 2.60 bits per heavy atom. The molecule has 3 rings (SSSR count). The zero-order valence-electron chi connectivity index (χ0n) is 14.3. The van der Waals surface area contributed by atoms with Gasteiger partial charge in [-0.05, 0) is 37.5 Å². The lowest BCUT2D eigenvalue weighted by molar-refractivity contribution is -0.122. The van der Waals surface area contributed by atoms with Crippen molar-refractivity contribution in [2.24, 2.45) is 5.92 Å². The van der Waals surface area contributed by atoms with Gasteiger partial charge in [-0.25, -0.2) is 0 Å². The average Bonchev–Trinajstić information content (AvgIpc) is 2.64. The van der Waals surface area contributed by atoms with Gasteiger partial charge < -0.3 is 16.0 Å². The SMILES string of the molecule is O=C1CCC(NC(=O)c2cccc(NC(=O)C3CCCCC3)c2)CN1. The summed E-state index contributed by atoms with van der Waals surface area (Å²) in [4.78, 5) is 35.9. The van der Waals surface area contributed by atoms with Gasteiger partial charge in [-0.1, -0.05) is 25.3 Å². The van der Waals surface area contributed by atoms with E-state index >= 15 is 0 Å². The van der Waals surface area contributed by atoms with Crippen molar-refractivity contribution in [2.45, 2.75) is 51.0 Å². The quantitative estimate of drug-likeness (QED) is 0.783. The molecule has 3 amide bonds. The highest BCUT2D eigenvalue weighted by Gasteiger charge is 2.22. The summed E-state index contributed by atoms with van der Waals surface area (Å²) in [5.41, 5.74) is 1.17. The van der Waals surface area contributed by atoms with Crippen LogP contribution in [0.3, 0.4) is 0 Å². The molecule has 0 radical (unpaired) electrons. The molecule has 1 unspecified atom stereocenters. The van der Waals surface area contributed by atoms with Crippen LogP contribution in [-0.2, 0) is 9.59 Å². The fourth-order valence-corrected chi connectivity index (χ4v) is 3.47. The average molecular weight is 343 g/mol. The Morgan fingerprint density at radius 1 is 1.08 bits per heavy atom. The van der Waals surface area contributed by atoms with E-state index in [9.17, 15) is 14.4 Å². The van der Waals surface area contributed by atoms with Crippen LogP contribution in [0, 0.1) is 5.92 Å². The maximum absolute atomic E-state index is 12.4. The molecule has 0 bridgehead atoms. The summed E-state index contributed by atoms with van der Waals surface area (Å²) in [5, 5.41) is 8.63. The highest BCUT2D eigenvalue weighted by molar-refractivity contribution is 5.98. The maximum Gasteiger partial charge on any atom is 0.251 e. The molecule has 134 valence electrons. The van der Waals surface area contributed by atoms with E-state index < -0.39 is 0 Å². The van der Waals surface area contributed by atoms with Gasteiger partial charge in [0, 0.05) is 36.2 Å². The van der Waals surface area contributed by atoms with E-state index in [-0.39, 0.29) is 29.7 Å². The second-order valence-corrected chi connectivity index (χ2v) is 6.92. The van der Waals surface area contributed by atoms with Gasteiger partial charge in [0.2, 0.25) is 11.8 Å². The summed E-state index contributed by atoms with van der Waals surface area (Å²) in [6.45, 7) is 0.461. The second-order valence-electron chi connectivity index (χ2n) is 6.92. The van der Waals surface area contributed by atoms with Crippen molar-refractivity contribution in [3.8, 4) is 0 Å².